The Hall–Kier alpha value is -3.39. The zero-order chi connectivity index (χ0) is 25.0. The number of carbonyl (C=O) groups is 3. The molecule has 35 heavy (non-hydrogen) atoms. The molecule has 1 aliphatic heterocycles. The van der Waals surface area contributed by atoms with Gasteiger partial charge in [-0.05, 0) is 41.0 Å². The third-order valence-electron chi connectivity index (χ3n) is 7.13. The van der Waals surface area contributed by atoms with E-state index in [0.29, 0.717) is 25.9 Å². The summed E-state index contributed by atoms with van der Waals surface area (Å²) in [4.78, 5) is 39.1. The first-order valence-electron chi connectivity index (χ1n) is 12.0. The molecule has 0 saturated carbocycles. The highest BCUT2D eigenvalue weighted by Crippen LogP contribution is 2.44. The van der Waals surface area contributed by atoms with Gasteiger partial charge in [0.05, 0.1) is 6.61 Å². The van der Waals surface area contributed by atoms with Gasteiger partial charge in [-0.15, -0.1) is 0 Å². The van der Waals surface area contributed by atoms with Gasteiger partial charge in [-0.2, -0.15) is 0 Å². The fourth-order valence-electron chi connectivity index (χ4n) is 5.30. The van der Waals surface area contributed by atoms with E-state index < -0.39 is 17.6 Å². The van der Waals surface area contributed by atoms with Crippen molar-refractivity contribution >= 4 is 18.0 Å². The Morgan fingerprint density at radius 2 is 1.71 bits per heavy atom. The van der Waals surface area contributed by atoms with Gasteiger partial charge in [0.2, 0.25) is 0 Å². The van der Waals surface area contributed by atoms with Crippen molar-refractivity contribution in [3.8, 4) is 11.1 Å². The van der Waals surface area contributed by atoms with Crippen molar-refractivity contribution in [2.24, 2.45) is 5.92 Å². The summed E-state index contributed by atoms with van der Waals surface area (Å²) < 4.78 is 11.0. The molecule has 0 bridgehead atoms. The second-order valence-corrected chi connectivity index (χ2v) is 9.32. The molecule has 2 aromatic carbocycles. The minimum absolute atomic E-state index is 0.00732. The quantitative estimate of drug-likeness (QED) is 0.568. The van der Waals surface area contributed by atoms with Crippen LogP contribution in [0.4, 0.5) is 4.79 Å². The van der Waals surface area contributed by atoms with Crippen LogP contribution in [0, 0.1) is 5.92 Å². The van der Waals surface area contributed by atoms with E-state index in [0.717, 1.165) is 22.3 Å². The number of amides is 2. The number of carboxylic acid groups (broad SMARTS) is 1. The highest BCUT2D eigenvalue weighted by Gasteiger charge is 2.44. The predicted molar refractivity (Wildman–Crippen MR) is 130 cm³/mol. The summed E-state index contributed by atoms with van der Waals surface area (Å²) in [6.45, 7) is 2.75. The molecule has 2 aromatic rings. The van der Waals surface area contributed by atoms with Crippen molar-refractivity contribution in [2.75, 3.05) is 33.4 Å². The van der Waals surface area contributed by atoms with Gasteiger partial charge in [-0.25, -0.2) is 4.79 Å². The first-order valence-corrected chi connectivity index (χ1v) is 12.0. The molecule has 0 spiro atoms. The number of nitrogens with one attached hydrogen (secondary N) is 1. The number of aliphatic carboxylic acids is 1. The molecule has 2 unspecified atom stereocenters. The standard InChI is InChI=1S/C27H32N2O6/c1-3-27(17-34-2,25(32)29-13-12-18(15-29)14-24(30)31)28-26(33)35-16-23-21-10-6-4-8-19(21)20-9-5-7-11-22(20)23/h4-11,18,23H,3,12-17H2,1-2H3,(H,28,33)(H,30,31). The van der Waals surface area contributed by atoms with Gasteiger partial charge >= 0.3 is 12.1 Å². The third-order valence-corrected chi connectivity index (χ3v) is 7.13. The Bertz CT molecular complexity index is 1060. The van der Waals surface area contributed by atoms with Gasteiger partial charge in [-0.1, -0.05) is 55.5 Å². The predicted octanol–water partition coefficient (Wildman–Crippen LogP) is 3.64. The summed E-state index contributed by atoms with van der Waals surface area (Å²) >= 11 is 0. The minimum Gasteiger partial charge on any atom is -0.481 e. The maximum absolute atomic E-state index is 13.5. The molecule has 2 aliphatic rings. The second kappa shape index (κ2) is 10.5. The number of hydrogen-bond donors (Lipinski definition) is 2. The van der Waals surface area contributed by atoms with Gasteiger partial charge < -0.3 is 24.8 Å². The molecule has 2 atom stereocenters. The second-order valence-electron chi connectivity index (χ2n) is 9.32. The number of nitrogens with zero attached hydrogens (tertiary/aromatic N) is 1. The van der Waals surface area contributed by atoms with Gasteiger partial charge in [0.15, 0.2) is 0 Å². The number of carbonyl (C=O) groups excluding carboxylic acids is 2. The first kappa shape index (κ1) is 24.7. The average molecular weight is 481 g/mol. The average Bonchev–Trinajstić information content (AvgIpc) is 3.44. The Balaban J connectivity index is 1.45. The van der Waals surface area contributed by atoms with Gasteiger partial charge in [0.25, 0.3) is 5.91 Å². The van der Waals surface area contributed by atoms with Crippen molar-refractivity contribution in [1.82, 2.24) is 10.2 Å². The molecule has 4 rings (SSSR count). The molecular weight excluding hydrogens is 448 g/mol. The summed E-state index contributed by atoms with van der Waals surface area (Å²) in [5.74, 6) is -1.33. The number of rotatable bonds is 9. The van der Waals surface area contributed by atoms with Gasteiger partial charge in [-0.3, -0.25) is 9.59 Å². The summed E-state index contributed by atoms with van der Waals surface area (Å²) in [5, 5.41) is 11.9. The van der Waals surface area contributed by atoms with E-state index in [1.807, 2.05) is 43.3 Å². The molecule has 2 N–H and O–H groups in total. The van der Waals surface area contributed by atoms with E-state index in [1.165, 1.54) is 7.11 Å². The molecule has 1 fully saturated rings. The number of hydrogen-bond acceptors (Lipinski definition) is 5. The van der Waals surface area contributed by atoms with E-state index in [2.05, 4.69) is 17.4 Å². The van der Waals surface area contributed by atoms with E-state index >= 15 is 0 Å². The number of methoxy groups -OCH3 is 1. The van der Waals surface area contributed by atoms with Crippen LogP contribution < -0.4 is 5.32 Å². The Labute approximate surface area is 205 Å². The fourth-order valence-corrected chi connectivity index (χ4v) is 5.30. The van der Waals surface area contributed by atoms with Crippen LogP contribution in [0.25, 0.3) is 11.1 Å². The van der Waals surface area contributed by atoms with Crippen LogP contribution in [0.15, 0.2) is 48.5 Å². The van der Waals surface area contributed by atoms with Crippen molar-refractivity contribution in [3.63, 3.8) is 0 Å². The van der Waals surface area contributed by atoms with Gasteiger partial charge in [0, 0.05) is 32.5 Å². The fraction of sp³-hybridized carbons (Fsp3) is 0.444. The Kier molecular flexibility index (Phi) is 7.40. The first-order chi connectivity index (χ1) is 16.9. The molecule has 8 heteroatoms. The Morgan fingerprint density at radius 1 is 1.09 bits per heavy atom. The van der Waals surface area contributed by atoms with Crippen LogP contribution in [0.5, 0.6) is 0 Å². The van der Waals surface area contributed by atoms with Crippen molar-refractivity contribution in [3.05, 3.63) is 59.7 Å². The molecule has 1 saturated heterocycles. The zero-order valence-corrected chi connectivity index (χ0v) is 20.2. The lowest BCUT2D eigenvalue weighted by Crippen LogP contribution is -2.61. The van der Waals surface area contributed by atoms with Crippen LogP contribution in [0.3, 0.4) is 0 Å². The highest BCUT2D eigenvalue weighted by atomic mass is 16.5. The molecule has 0 radical (unpaired) electrons. The molecular formula is C27H32N2O6. The van der Waals surface area contributed by atoms with E-state index in [9.17, 15) is 14.4 Å². The summed E-state index contributed by atoms with van der Waals surface area (Å²) in [7, 11) is 1.48. The van der Waals surface area contributed by atoms with Crippen LogP contribution in [-0.4, -0.2) is 66.9 Å². The van der Waals surface area contributed by atoms with E-state index in [1.54, 1.807) is 4.90 Å². The molecule has 2 amide bonds. The van der Waals surface area contributed by atoms with E-state index in [-0.39, 0.29) is 37.4 Å². The SMILES string of the molecule is CCC(COC)(NC(=O)OCC1c2ccccc2-c2ccccc21)C(=O)N1CCC(CC(=O)O)C1. The van der Waals surface area contributed by atoms with Crippen LogP contribution in [0.2, 0.25) is 0 Å². The maximum atomic E-state index is 13.5. The highest BCUT2D eigenvalue weighted by molar-refractivity contribution is 5.90. The van der Waals surface area contributed by atoms with Crippen LogP contribution in [0.1, 0.15) is 43.2 Å². The number of alkyl carbamates (subject to hydrolysis) is 1. The molecule has 1 heterocycles. The molecule has 8 nitrogen and oxygen atoms in total. The number of benzene rings is 2. The number of carboxylic acids is 1. The number of ether oxygens (including phenoxy) is 2. The van der Waals surface area contributed by atoms with Crippen molar-refractivity contribution < 1.29 is 29.0 Å². The van der Waals surface area contributed by atoms with Gasteiger partial charge in [0.1, 0.15) is 12.1 Å². The van der Waals surface area contributed by atoms with Crippen molar-refractivity contribution in [1.29, 1.82) is 0 Å². The minimum atomic E-state index is -1.28. The number of fused-ring (bicyclic) bond motifs is 3. The maximum Gasteiger partial charge on any atom is 0.408 e. The molecule has 186 valence electrons. The monoisotopic (exact) mass is 480 g/mol. The lowest BCUT2D eigenvalue weighted by atomic mass is 9.95. The summed E-state index contributed by atoms with van der Waals surface area (Å²) in [5.41, 5.74) is 3.21. The smallest absolute Gasteiger partial charge is 0.408 e. The van der Waals surface area contributed by atoms with E-state index in [4.69, 9.17) is 14.6 Å². The lowest BCUT2D eigenvalue weighted by Gasteiger charge is -2.35. The normalized spacial score (nSPS) is 18.5. The zero-order valence-electron chi connectivity index (χ0n) is 20.2. The Morgan fingerprint density at radius 3 is 2.29 bits per heavy atom. The largest absolute Gasteiger partial charge is 0.481 e. The summed E-state index contributed by atoms with van der Waals surface area (Å²) in [6.07, 6.45) is 0.271. The lowest BCUT2D eigenvalue weighted by molar-refractivity contribution is -0.141. The van der Waals surface area contributed by atoms with Crippen LogP contribution >= 0.6 is 0 Å². The molecule has 1 aliphatic carbocycles. The third kappa shape index (κ3) is 5.03. The topological polar surface area (TPSA) is 105 Å². The summed E-state index contributed by atoms with van der Waals surface area (Å²) in [6, 6.07) is 16.2. The van der Waals surface area contributed by atoms with Crippen molar-refractivity contribution in [2.45, 2.75) is 37.6 Å². The van der Waals surface area contributed by atoms with Crippen LogP contribution in [-0.2, 0) is 19.1 Å². The molecule has 0 aromatic heterocycles. The number of likely N-dealkylation sites (tertiary alicyclic amines) is 1.